The van der Waals surface area contributed by atoms with E-state index in [0.29, 0.717) is 6.61 Å². The Labute approximate surface area is 69.5 Å². The van der Waals surface area contributed by atoms with Crippen molar-refractivity contribution in [2.75, 3.05) is 13.7 Å². The molecule has 2 nitrogen and oxygen atoms in total. The maximum absolute atomic E-state index is 5.74. The maximum atomic E-state index is 5.74. The molecule has 2 N–H and O–H groups in total. The van der Waals surface area contributed by atoms with Crippen LogP contribution < -0.4 is 5.73 Å². The van der Waals surface area contributed by atoms with Gasteiger partial charge in [-0.05, 0) is 5.41 Å². The van der Waals surface area contributed by atoms with Crippen LogP contribution in [0.15, 0.2) is 0 Å². The van der Waals surface area contributed by atoms with Crippen molar-refractivity contribution in [3.8, 4) is 0 Å². The van der Waals surface area contributed by atoms with Gasteiger partial charge in [-0.15, -0.1) is 12.4 Å². The molecule has 10 heavy (non-hydrogen) atoms. The first-order chi connectivity index (χ1) is 3.98. The van der Waals surface area contributed by atoms with Gasteiger partial charge in [0.2, 0.25) is 0 Å². The fraction of sp³-hybridized carbons (Fsp3) is 1.00. The summed E-state index contributed by atoms with van der Waals surface area (Å²) < 4.78 is 4.91. The molecule has 0 saturated heterocycles. The SMILES string of the molecule is COC[C@@H](N)C(C)(C)C.Cl. The van der Waals surface area contributed by atoms with Crippen molar-refractivity contribution in [3.63, 3.8) is 0 Å². The summed E-state index contributed by atoms with van der Waals surface area (Å²) in [5, 5.41) is 0. The van der Waals surface area contributed by atoms with E-state index in [2.05, 4.69) is 20.8 Å². The molecule has 0 aliphatic rings. The van der Waals surface area contributed by atoms with Gasteiger partial charge in [-0.1, -0.05) is 20.8 Å². The lowest BCUT2D eigenvalue weighted by Gasteiger charge is -2.25. The Balaban J connectivity index is 0. The predicted molar refractivity (Wildman–Crippen MR) is 46.6 cm³/mol. The molecule has 3 heteroatoms. The Kier molecular flexibility index (Phi) is 6.35. The number of nitrogens with two attached hydrogens (primary N) is 1. The van der Waals surface area contributed by atoms with E-state index in [4.69, 9.17) is 10.5 Å². The molecule has 0 aliphatic heterocycles. The predicted octanol–water partition coefficient (Wildman–Crippen LogP) is 1.43. The monoisotopic (exact) mass is 167 g/mol. The standard InChI is InChI=1S/C7H17NO.ClH/c1-7(2,3)6(8)5-9-4;/h6H,5,8H2,1-4H3;1H/t6-;/m1./s1. The highest BCUT2D eigenvalue weighted by Gasteiger charge is 2.19. The van der Waals surface area contributed by atoms with Crippen molar-refractivity contribution in [1.82, 2.24) is 0 Å². The topological polar surface area (TPSA) is 35.2 Å². The van der Waals surface area contributed by atoms with E-state index in [-0.39, 0.29) is 23.9 Å². The maximum Gasteiger partial charge on any atom is 0.0618 e. The number of halogens is 1. The molecule has 0 aliphatic carbocycles. The Morgan fingerprint density at radius 1 is 1.40 bits per heavy atom. The second-order valence-corrected chi connectivity index (χ2v) is 3.43. The van der Waals surface area contributed by atoms with Crippen LogP contribution in [0.1, 0.15) is 20.8 Å². The Morgan fingerprint density at radius 2 is 1.80 bits per heavy atom. The molecule has 0 rings (SSSR count). The van der Waals surface area contributed by atoms with Gasteiger partial charge < -0.3 is 10.5 Å². The summed E-state index contributed by atoms with van der Waals surface area (Å²) in [6.45, 7) is 6.97. The number of hydrogen-bond acceptors (Lipinski definition) is 2. The summed E-state index contributed by atoms with van der Waals surface area (Å²) in [4.78, 5) is 0. The fourth-order valence-electron chi connectivity index (χ4n) is 0.430. The van der Waals surface area contributed by atoms with Crippen molar-refractivity contribution in [3.05, 3.63) is 0 Å². The first kappa shape index (κ1) is 12.8. The van der Waals surface area contributed by atoms with Crippen LogP contribution in [-0.4, -0.2) is 19.8 Å². The van der Waals surface area contributed by atoms with Crippen LogP contribution in [0.5, 0.6) is 0 Å². The molecule has 64 valence electrons. The highest BCUT2D eigenvalue weighted by Crippen LogP contribution is 2.16. The van der Waals surface area contributed by atoms with Crippen LogP contribution in [0.4, 0.5) is 0 Å². The zero-order valence-corrected chi connectivity index (χ0v) is 7.99. The first-order valence-corrected chi connectivity index (χ1v) is 3.23. The zero-order chi connectivity index (χ0) is 7.49. The largest absolute Gasteiger partial charge is 0.383 e. The molecule has 0 aromatic rings. The lowest BCUT2D eigenvalue weighted by molar-refractivity contribution is 0.135. The van der Waals surface area contributed by atoms with Crippen LogP contribution in [0, 0.1) is 5.41 Å². The summed E-state index contributed by atoms with van der Waals surface area (Å²) in [5.74, 6) is 0. The Hall–Kier alpha value is 0.210. The van der Waals surface area contributed by atoms with Crippen molar-refractivity contribution in [2.45, 2.75) is 26.8 Å². The van der Waals surface area contributed by atoms with Gasteiger partial charge in [0.15, 0.2) is 0 Å². The van der Waals surface area contributed by atoms with Gasteiger partial charge in [0.05, 0.1) is 6.61 Å². The van der Waals surface area contributed by atoms with Crippen molar-refractivity contribution in [1.29, 1.82) is 0 Å². The minimum atomic E-state index is 0. The molecule has 0 radical (unpaired) electrons. The summed E-state index contributed by atoms with van der Waals surface area (Å²) in [5.41, 5.74) is 5.90. The molecule has 1 atom stereocenters. The molecule has 0 aromatic carbocycles. The molecule has 0 heterocycles. The molecule has 0 unspecified atom stereocenters. The molecular formula is C7H18ClNO. The average molecular weight is 168 g/mol. The molecular weight excluding hydrogens is 150 g/mol. The molecule has 0 spiro atoms. The quantitative estimate of drug-likeness (QED) is 0.676. The Morgan fingerprint density at radius 3 is 1.90 bits per heavy atom. The second kappa shape index (κ2) is 4.94. The number of rotatable bonds is 2. The minimum absolute atomic E-state index is 0. The van der Waals surface area contributed by atoms with Gasteiger partial charge in [0, 0.05) is 13.2 Å². The normalized spacial score (nSPS) is 14.1. The van der Waals surface area contributed by atoms with E-state index in [0.717, 1.165) is 0 Å². The minimum Gasteiger partial charge on any atom is -0.383 e. The zero-order valence-electron chi connectivity index (χ0n) is 7.18. The van der Waals surface area contributed by atoms with E-state index in [9.17, 15) is 0 Å². The van der Waals surface area contributed by atoms with Gasteiger partial charge >= 0.3 is 0 Å². The van der Waals surface area contributed by atoms with Crippen LogP contribution in [0.3, 0.4) is 0 Å². The van der Waals surface area contributed by atoms with Crippen molar-refractivity contribution < 1.29 is 4.74 Å². The van der Waals surface area contributed by atoms with E-state index in [1.165, 1.54) is 0 Å². The summed E-state index contributed by atoms with van der Waals surface area (Å²) >= 11 is 0. The number of ether oxygens (including phenoxy) is 1. The lowest BCUT2D eigenvalue weighted by atomic mass is 9.88. The molecule has 0 amide bonds. The summed E-state index contributed by atoms with van der Waals surface area (Å²) in [6, 6.07) is 0.141. The van der Waals surface area contributed by atoms with E-state index < -0.39 is 0 Å². The third-order valence-electron chi connectivity index (χ3n) is 1.46. The van der Waals surface area contributed by atoms with Gasteiger partial charge in [-0.25, -0.2) is 0 Å². The molecule has 0 saturated carbocycles. The smallest absolute Gasteiger partial charge is 0.0618 e. The van der Waals surface area contributed by atoms with Crippen LogP contribution in [0.2, 0.25) is 0 Å². The summed E-state index contributed by atoms with van der Waals surface area (Å²) in [7, 11) is 1.67. The van der Waals surface area contributed by atoms with E-state index in [1.807, 2.05) is 0 Å². The molecule has 0 aromatic heterocycles. The fourth-order valence-corrected chi connectivity index (χ4v) is 0.430. The van der Waals surface area contributed by atoms with Gasteiger partial charge in [-0.3, -0.25) is 0 Å². The highest BCUT2D eigenvalue weighted by atomic mass is 35.5. The average Bonchev–Trinajstić information content (AvgIpc) is 1.64. The van der Waals surface area contributed by atoms with Gasteiger partial charge in [0.25, 0.3) is 0 Å². The molecule has 0 fully saturated rings. The lowest BCUT2D eigenvalue weighted by Crippen LogP contribution is -2.38. The van der Waals surface area contributed by atoms with Crippen LogP contribution in [-0.2, 0) is 4.74 Å². The van der Waals surface area contributed by atoms with Crippen LogP contribution >= 0.6 is 12.4 Å². The van der Waals surface area contributed by atoms with E-state index in [1.54, 1.807) is 7.11 Å². The number of methoxy groups -OCH3 is 1. The third-order valence-corrected chi connectivity index (χ3v) is 1.46. The summed E-state index contributed by atoms with van der Waals surface area (Å²) in [6.07, 6.45) is 0. The number of hydrogen-bond donors (Lipinski definition) is 1. The first-order valence-electron chi connectivity index (χ1n) is 3.23. The van der Waals surface area contributed by atoms with Gasteiger partial charge in [0.1, 0.15) is 0 Å². The van der Waals surface area contributed by atoms with Crippen molar-refractivity contribution >= 4 is 12.4 Å². The third kappa shape index (κ3) is 5.03. The Bertz CT molecular complexity index is 80.2. The van der Waals surface area contributed by atoms with Crippen molar-refractivity contribution in [2.24, 2.45) is 11.1 Å². The highest BCUT2D eigenvalue weighted by molar-refractivity contribution is 5.85. The van der Waals surface area contributed by atoms with Gasteiger partial charge in [-0.2, -0.15) is 0 Å². The van der Waals surface area contributed by atoms with Crippen LogP contribution in [0.25, 0.3) is 0 Å². The second-order valence-electron chi connectivity index (χ2n) is 3.43. The molecule has 0 bridgehead atoms. The van der Waals surface area contributed by atoms with E-state index >= 15 is 0 Å².